The zero-order valence-electron chi connectivity index (χ0n) is 15.4. The van der Waals surface area contributed by atoms with Crippen molar-refractivity contribution in [3.8, 4) is 0 Å². The van der Waals surface area contributed by atoms with E-state index in [0.717, 1.165) is 42.0 Å². The SMILES string of the molecule is Cc1nn(C)c(C)c1CC(=O)N[C@@H]1CCC[C@@H](n2ccnc2C)[C@@H]1O. The van der Waals surface area contributed by atoms with E-state index in [0.29, 0.717) is 6.42 Å². The number of hydrogen-bond acceptors (Lipinski definition) is 4. The third kappa shape index (κ3) is 3.46. The monoisotopic (exact) mass is 345 g/mol. The number of aromatic nitrogens is 4. The summed E-state index contributed by atoms with van der Waals surface area (Å²) in [6, 6.07) is -0.270. The van der Waals surface area contributed by atoms with Crippen LogP contribution in [0.1, 0.15) is 48.1 Å². The van der Waals surface area contributed by atoms with Crippen molar-refractivity contribution in [2.45, 2.75) is 64.6 Å². The molecule has 2 aromatic heterocycles. The van der Waals surface area contributed by atoms with Crippen LogP contribution in [0.4, 0.5) is 0 Å². The maximum atomic E-state index is 12.5. The molecular formula is C18H27N5O2. The van der Waals surface area contributed by atoms with Crippen LogP contribution in [0.5, 0.6) is 0 Å². The summed E-state index contributed by atoms with van der Waals surface area (Å²) >= 11 is 0. The van der Waals surface area contributed by atoms with E-state index in [9.17, 15) is 9.90 Å². The number of hydrogen-bond donors (Lipinski definition) is 2. The first kappa shape index (κ1) is 17.7. The quantitative estimate of drug-likeness (QED) is 0.876. The van der Waals surface area contributed by atoms with Crippen LogP contribution in [0, 0.1) is 20.8 Å². The Balaban J connectivity index is 1.67. The van der Waals surface area contributed by atoms with Crippen molar-refractivity contribution in [1.82, 2.24) is 24.6 Å². The normalized spacial score (nSPS) is 23.6. The molecule has 0 aliphatic heterocycles. The summed E-state index contributed by atoms with van der Waals surface area (Å²) < 4.78 is 3.81. The highest BCUT2D eigenvalue weighted by Crippen LogP contribution is 2.30. The highest BCUT2D eigenvalue weighted by Gasteiger charge is 2.34. The average Bonchev–Trinajstić information content (AvgIpc) is 3.08. The molecule has 3 atom stereocenters. The van der Waals surface area contributed by atoms with Crippen LogP contribution in [0.2, 0.25) is 0 Å². The van der Waals surface area contributed by atoms with Crippen molar-refractivity contribution in [1.29, 1.82) is 0 Å². The van der Waals surface area contributed by atoms with Gasteiger partial charge in [0.15, 0.2) is 0 Å². The fourth-order valence-corrected chi connectivity index (χ4v) is 3.85. The van der Waals surface area contributed by atoms with Crippen LogP contribution in [-0.4, -0.2) is 42.5 Å². The Bertz CT molecular complexity index is 764. The van der Waals surface area contributed by atoms with Crippen LogP contribution in [0.3, 0.4) is 0 Å². The number of imidazole rings is 1. The number of aryl methyl sites for hydroxylation is 3. The predicted octanol–water partition coefficient (Wildman–Crippen LogP) is 1.36. The van der Waals surface area contributed by atoms with E-state index < -0.39 is 6.10 Å². The number of aliphatic hydroxyl groups excluding tert-OH is 1. The van der Waals surface area contributed by atoms with Gasteiger partial charge in [-0.05, 0) is 40.0 Å². The van der Waals surface area contributed by atoms with Crippen LogP contribution in [0.25, 0.3) is 0 Å². The number of carbonyl (C=O) groups excluding carboxylic acids is 1. The van der Waals surface area contributed by atoms with Gasteiger partial charge in [0, 0.05) is 30.7 Å². The maximum Gasteiger partial charge on any atom is 0.224 e. The summed E-state index contributed by atoms with van der Waals surface area (Å²) in [6.07, 6.45) is 5.99. The molecule has 0 spiro atoms. The molecule has 1 aliphatic rings. The number of nitrogens with one attached hydrogen (secondary N) is 1. The first-order chi connectivity index (χ1) is 11.9. The third-order valence-corrected chi connectivity index (χ3v) is 5.38. The zero-order valence-corrected chi connectivity index (χ0v) is 15.4. The van der Waals surface area contributed by atoms with Gasteiger partial charge in [-0.1, -0.05) is 0 Å². The largest absolute Gasteiger partial charge is 0.389 e. The van der Waals surface area contributed by atoms with Gasteiger partial charge in [0.25, 0.3) is 0 Å². The fraction of sp³-hybridized carbons (Fsp3) is 0.611. The molecular weight excluding hydrogens is 318 g/mol. The first-order valence-corrected chi connectivity index (χ1v) is 8.84. The molecule has 7 heteroatoms. The molecule has 7 nitrogen and oxygen atoms in total. The summed E-state index contributed by atoms with van der Waals surface area (Å²) in [6.45, 7) is 5.82. The minimum Gasteiger partial charge on any atom is -0.389 e. The molecule has 1 fully saturated rings. The Morgan fingerprint density at radius 1 is 1.36 bits per heavy atom. The van der Waals surface area contributed by atoms with Gasteiger partial charge in [0.2, 0.25) is 5.91 Å². The molecule has 0 aromatic carbocycles. The zero-order chi connectivity index (χ0) is 18.1. The topological polar surface area (TPSA) is 85.0 Å². The van der Waals surface area contributed by atoms with E-state index in [1.165, 1.54) is 0 Å². The Morgan fingerprint density at radius 3 is 2.72 bits per heavy atom. The maximum absolute atomic E-state index is 12.5. The summed E-state index contributed by atoms with van der Waals surface area (Å²) in [5, 5.41) is 18.2. The Kier molecular flexibility index (Phi) is 4.94. The van der Waals surface area contributed by atoms with Gasteiger partial charge in [-0.25, -0.2) is 4.98 Å². The number of nitrogens with zero attached hydrogens (tertiary/aromatic N) is 4. The van der Waals surface area contributed by atoms with Crippen molar-refractivity contribution >= 4 is 5.91 Å². The van der Waals surface area contributed by atoms with Gasteiger partial charge in [0.05, 0.1) is 30.3 Å². The van der Waals surface area contributed by atoms with E-state index in [4.69, 9.17) is 0 Å². The van der Waals surface area contributed by atoms with E-state index in [2.05, 4.69) is 15.4 Å². The lowest BCUT2D eigenvalue weighted by molar-refractivity contribution is -0.122. The number of aliphatic hydroxyl groups is 1. The molecule has 0 radical (unpaired) electrons. The van der Waals surface area contributed by atoms with E-state index >= 15 is 0 Å². The average molecular weight is 345 g/mol. The van der Waals surface area contributed by atoms with E-state index in [-0.39, 0.29) is 18.0 Å². The lowest BCUT2D eigenvalue weighted by Crippen LogP contribution is -2.49. The first-order valence-electron chi connectivity index (χ1n) is 8.84. The van der Waals surface area contributed by atoms with Gasteiger partial charge >= 0.3 is 0 Å². The van der Waals surface area contributed by atoms with Gasteiger partial charge in [0.1, 0.15) is 5.82 Å². The summed E-state index contributed by atoms with van der Waals surface area (Å²) in [7, 11) is 1.88. The Hall–Kier alpha value is -2.15. The molecule has 0 saturated heterocycles. The second kappa shape index (κ2) is 7.00. The second-order valence-corrected chi connectivity index (χ2v) is 6.99. The molecule has 1 amide bonds. The number of carbonyl (C=O) groups is 1. The molecule has 136 valence electrons. The minimum absolute atomic E-state index is 0.0385. The van der Waals surface area contributed by atoms with E-state index in [1.54, 1.807) is 10.9 Å². The van der Waals surface area contributed by atoms with Gasteiger partial charge in [-0.3, -0.25) is 9.48 Å². The standard InChI is InChI=1S/C18H27N5O2/c1-11-14(12(2)22(4)21-11)10-17(24)20-15-6-5-7-16(18(15)25)23-9-8-19-13(23)3/h8-9,15-16,18,25H,5-7,10H2,1-4H3,(H,20,24)/t15-,16-,18-/m1/s1. The number of rotatable bonds is 4. The fourth-order valence-electron chi connectivity index (χ4n) is 3.85. The van der Waals surface area contributed by atoms with Crippen molar-refractivity contribution in [3.63, 3.8) is 0 Å². The van der Waals surface area contributed by atoms with E-state index in [1.807, 2.05) is 38.6 Å². The Labute approximate surface area is 148 Å². The molecule has 0 unspecified atom stereocenters. The molecule has 1 aliphatic carbocycles. The smallest absolute Gasteiger partial charge is 0.224 e. The molecule has 25 heavy (non-hydrogen) atoms. The third-order valence-electron chi connectivity index (χ3n) is 5.38. The van der Waals surface area contributed by atoms with Gasteiger partial charge in [-0.15, -0.1) is 0 Å². The van der Waals surface area contributed by atoms with Crippen molar-refractivity contribution in [3.05, 3.63) is 35.2 Å². The lowest BCUT2D eigenvalue weighted by Gasteiger charge is -2.36. The van der Waals surface area contributed by atoms with Crippen molar-refractivity contribution < 1.29 is 9.90 Å². The van der Waals surface area contributed by atoms with Crippen LogP contribution < -0.4 is 5.32 Å². The van der Waals surface area contributed by atoms with Gasteiger partial charge < -0.3 is 15.0 Å². The van der Waals surface area contributed by atoms with Crippen molar-refractivity contribution in [2.75, 3.05) is 0 Å². The molecule has 0 bridgehead atoms. The van der Waals surface area contributed by atoms with Crippen LogP contribution in [0.15, 0.2) is 12.4 Å². The summed E-state index contributed by atoms with van der Waals surface area (Å²) in [4.78, 5) is 16.8. The summed E-state index contributed by atoms with van der Waals surface area (Å²) in [5.41, 5.74) is 2.85. The lowest BCUT2D eigenvalue weighted by atomic mass is 9.87. The summed E-state index contributed by atoms with van der Waals surface area (Å²) in [5.74, 6) is 0.823. The molecule has 2 heterocycles. The predicted molar refractivity (Wildman–Crippen MR) is 94.2 cm³/mol. The molecule has 3 rings (SSSR count). The highest BCUT2D eigenvalue weighted by molar-refractivity contribution is 5.79. The second-order valence-electron chi connectivity index (χ2n) is 6.99. The highest BCUT2D eigenvalue weighted by atomic mass is 16.3. The minimum atomic E-state index is -0.610. The van der Waals surface area contributed by atoms with Crippen LogP contribution >= 0.6 is 0 Å². The Morgan fingerprint density at radius 2 is 2.12 bits per heavy atom. The van der Waals surface area contributed by atoms with Crippen LogP contribution in [-0.2, 0) is 18.3 Å². The van der Waals surface area contributed by atoms with Gasteiger partial charge in [-0.2, -0.15) is 5.10 Å². The molecule has 2 aromatic rings. The van der Waals surface area contributed by atoms with Crippen molar-refractivity contribution in [2.24, 2.45) is 7.05 Å². The number of amides is 1. The molecule has 2 N–H and O–H groups in total. The molecule has 1 saturated carbocycles.